The first kappa shape index (κ1) is 15.7. The molecule has 0 radical (unpaired) electrons. The quantitative estimate of drug-likeness (QED) is 0.894. The van der Waals surface area contributed by atoms with Gasteiger partial charge in [0.2, 0.25) is 15.9 Å². The Morgan fingerprint density at radius 2 is 2.08 bits per heavy atom. The minimum atomic E-state index is -3.22. The number of carbonyl (C=O) groups excluding carboxylic acids is 1. The van der Waals surface area contributed by atoms with E-state index in [1.54, 1.807) is 0 Å². The summed E-state index contributed by atoms with van der Waals surface area (Å²) < 4.78 is 28.2. The number of rotatable bonds is 2. The van der Waals surface area contributed by atoms with Crippen LogP contribution in [0.1, 0.15) is 25.5 Å². The molecule has 2 aliphatic rings. The first-order chi connectivity index (χ1) is 11.4. The summed E-state index contributed by atoms with van der Waals surface area (Å²) in [6, 6.07) is 10.4. The fourth-order valence-corrected chi connectivity index (χ4v) is 5.52. The van der Waals surface area contributed by atoms with E-state index in [4.69, 9.17) is 0 Å². The summed E-state index contributed by atoms with van der Waals surface area (Å²) in [5, 5.41) is 1.19. The zero-order valence-corrected chi connectivity index (χ0v) is 14.5. The van der Waals surface area contributed by atoms with E-state index in [1.807, 2.05) is 24.0 Å². The molecule has 4 rings (SSSR count). The molecule has 24 heavy (non-hydrogen) atoms. The summed E-state index contributed by atoms with van der Waals surface area (Å²) in [7, 11) is -3.22. The predicted octanol–water partition coefficient (Wildman–Crippen LogP) is 1.46. The van der Waals surface area contributed by atoms with Crippen LogP contribution in [0.2, 0.25) is 0 Å². The molecule has 1 N–H and O–H groups in total. The second-order valence-electron chi connectivity index (χ2n) is 7.07. The lowest BCUT2D eigenvalue weighted by atomic mass is 9.95. The second-order valence-corrected chi connectivity index (χ2v) is 8.91. The van der Waals surface area contributed by atoms with Crippen LogP contribution in [-0.2, 0) is 27.9 Å². The van der Waals surface area contributed by atoms with Crippen LogP contribution in [0.15, 0.2) is 30.3 Å². The van der Waals surface area contributed by atoms with Gasteiger partial charge in [0.1, 0.15) is 0 Å². The van der Waals surface area contributed by atoms with E-state index < -0.39 is 15.6 Å². The van der Waals surface area contributed by atoms with Gasteiger partial charge in [-0.05, 0) is 30.9 Å². The van der Waals surface area contributed by atoms with Crippen molar-refractivity contribution in [1.82, 2.24) is 14.2 Å². The third kappa shape index (κ3) is 2.71. The fraction of sp³-hybridized carbons (Fsp3) is 0.471. The molecular weight excluding hydrogens is 326 g/mol. The maximum atomic E-state index is 12.7. The van der Waals surface area contributed by atoms with Crippen LogP contribution in [0.25, 0.3) is 10.9 Å². The highest BCUT2D eigenvalue weighted by Crippen LogP contribution is 2.27. The highest BCUT2D eigenvalue weighted by atomic mass is 32.2. The Balaban J connectivity index is 1.51. The van der Waals surface area contributed by atoms with E-state index in [9.17, 15) is 13.2 Å². The van der Waals surface area contributed by atoms with Gasteiger partial charge in [-0.3, -0.25) is 4.79 Å². The topological polar surface area (TPSA) is 71.4 Å². The number of amides is 1. The molecule has 0 aliphatic carbocycles. The number of carbonyl (C=O) groups is 1. The van der Waals surface area contributed by atoms with Gasteiger partial charge in [0.15, 0.2) is 0 Å². The van der Waals surface area contributed by atoms with Crippen molar-refractivity contribution in [3.63, 3.8) is 0 Å². The van der Waals surface area contributed by atoms with Crippen LogP contribution in [0.4, 0.5) is 0 Å². The molecule has 6 nitrogen and oxygen atoms in total. The smallest absolute Gasteiger partial charge is 0.224 e. The van der Waals surface area contributed by atoms with Gasteiger partial charge < -0.3 is 9.47 Å². The van der Waals surface area contributed by atoms with Crippen molar-refractivity contribution in [2.75, 3.05) is 12.3 Å². The van der Waals surface area contributed by atoms with Gasteiger partial charge in [-0.2, -0.15) is 0 Å². The highest BCUT2D eigenvalue weighted by molar-refractivity contribution is 7.89. The average molecular weight is 347 g/mol. The van der Waals surface area contributed by atoms with E-state index in [0.717, 1.165) is 12.2 Å². The molecule has 2 aliphatic heterocycles. The summed E-state index contributed by atoms with van der Waals surface area (Å²) in [5.41, 5.74) is 1.68. The van der Waals surface area contributed by atoms with Crippen molar-refractivity contribution in [1.29, 1.82) is 0 Å². The Morgan fingerprint density at radius 3 is 2.83 bits per heavy atom. The van der Waals surface area contributed by atoms with Gasteiger partial charge >= 0.3 is 0 Å². The van der Waals surface area contributed by atoms with Crippen molar-refractivity contribution in [2.45, 2.75) is 38.4 Å². The van der Waals surface area contributed by atoms with E-state index in [2.05, 4.69) is 27.5 Å². The third-order valence-electron chi connectivity index (χ3n) is 5.06. The molecule has 7 heteroatoms. The fourth-order valence-electron chi connectivity index (χ4n) is 3.78. The van der Waals surface area contributed by atoms with Crippen molar-refractivity contribution >= 4 is 26.8 Å². The number of hydrogen-bond acceptors (Lipinski definition) is 3. The van der Waals surface area contributed by atoms with Crippen molar-refractivity contribution < 1.29 is 13.2 Å². The monoisotopic (exact) mass is 347 g/mol. The first-order valence-electron chi connectivity index (χ1n) is 8.22. The number of benzene rings is 1. The van der Waals surface area contributed by atoms with E-state index in [-0.39, 0.29) is 18.1 Å². The van der Waals surface area contributed by atoms with Crippen LogP contribution >= 0.6 is 0 Å². The summed E-state index contributed by atoms with van der Waals surface area (Å²) in [6.45, 7) is 3.83. The molecular formula is C17H21N3O3S. The Labute approximate surface area is 141 Å². The number of nitrogens with one attached hydrogen (secondary N) is 1. The zero-order chi connectivity index (χ0) is 16.9. The molecule has 1 aromatic carbocycles. The summed E-state index contributed by atoms with van der Waals surface area (Å²) in [5.74, 6) is 0.115. The molecule has 1 aromatic heterocycles. The number of sulfonamides is 1. The molecule has 1 amide bonds. The molecule has 0 spiro atoms. The Kier molecular flexibility index (Phi) is 3.47. The number of para-hydroxylation sites is 1. The van der Waals surface area contributed by atoms with Crippen molar-refractivity contribution in [2.24, 2.45) is 0 Å². The average Bonchev–Trinajstić information content (AvgIpc) is 3.03. The Bertz CT molecular complexity index is 918. The Morgan fingerprint density at radius 1 is 1.29 bits per heavy atom. The van der Waals surface area contributed by atoms with Crippen LogP contribution in [-0.4, -0.2) is 41.6 Å². The van der Waals surface area contributed by atoms with Gasteiger partial charge in [-0.25, -0.2) is 13.1 Å². The number of fused-ring (bicyclic) bond motifs is 3. The predicted molar refractivity (Wildman–Crippen MR) is 91.9 cm³/mol. The summed E-state index contributed by atoms with van der Waals surface area (Å²) >= 11 is 0. The SMILES string of the molecule is CC1(CC(=O)N2CCn3c(cc4ccccc43)C2)CCS(=O)(=O)N1. The Hall–Kier alpha value is -1.86. The standard InChI is InChI=1S/C17H21N3O3S/c1-17(6-9-24(22,23)18-17)11-16(21)19-7-8-20-14(12-19)10-13-4-2-3-5-15(13)20/h2-5,10,18H,6-9,11-12H2,1H3. The van der Waals surface area contributed by atoms with E-state index in [1.165, 1.54) is 10.9 Å². The van der Waals surface area contributed by atoms with E-state index in [0.29, 0.717) is 19.5 Å². The number of aromatic nitrogens is 1. The second kappa shape index (κ2) is 5.32. The molecule has 1 unspecified atom stereocenters. The van der Waals surface area contributed by atoms with Crippen molar-refractivity contribution in [3.8, 4) is 0 Å². The zero-order valence-electron chi connectivity index (χ0n) is 13.7. The lowest BCUT2D eigenvalue weighted by molar-refractivity contribution is -0.133. The number of nitrogens with zero attached hydrogens (tertiary/aromatic N) is 2. The van der Waals surface area contributed by atoms with Crippen LogP contribution < -0.4 is 4.72 Å². The van der Waals surface area contributed by atoms with Gasteiger partial charge in [0.05, 0.1) is 12.3 Å². The minimum Gasteiger partial charge on any atom is -0.341 e. The summed E-state index contributed by atoms with van der Waals surface area (Å²) in [4.78, 5) is 14.5. The highest BCUT2D eigenvalue weighted by Gasteiger charge is 2.40. The van der Waals surface area contributed by atoms with Gasteiger partial charge in [-0.1, -0.05) is 18.2 Å². The summed E-state index contributed by atoms with van der Waals surface area (Å²) in [6.07, 6.45) is 0.696. The molecule has 0 bridgehead atoms. The molecule has 1 fully saturated rings. The van der Waals surface area contributed by atoms with E-state index >= 15 is 0 Å². The molecule has 3 heterocycles. The molecule has 1 saturated heterocycles. The van der Waals surface area contributed by atoms with Crippen molar-refractivity contribution in [3.05, 3.63) is 36.0 Å². The van der Waals surface area contributed by atoms with Crippen LogP contribution in [0.3, 0.4) is 0 Å². The van der Waals surface area contributed by atoms with Gasteiger partial charge in [0, 0.05) is 36.3 Å². The number of hydrogen-bond donors (Lipinski definition) is 1. The third-order valence-corrected chi connectivity index (χ3v) is 6.61. The van der Waals surface area contributed by atoms with Crippen LogP contribution in [0, 0.1) is 0 Å². The largest absolute Gasteiger partial charge is 0.341 e. The van der Waals surface area contributed by atoms with Gasteiger partial charge in [0.25, 0.3) is 0 Å². The molecule has 1 atom stereocenters. The normalized spacial score (nSPS) is 25.8. The lowest BCUT2D eigenvalue weighted by Gasteiger charge is -2.32. The maximum absolute atomic E-state index is 12.7. The molecule has 0 saturated carbocycles. The molecule has 2 aromatic rings. The van der Waals surface area contributed by atoms with Crippen LogP contribution in [0.5, 0.6) is 0 Å². The maximum Gasteiger partial charge on any atom is 0.224 e. The molecule has 128 valence electrons. The van der Waals surface area contributed by atoms with Gasteiger partial charge in [-0.15, -0.1) is 0 Å². The first-order valence-corrected chi connectivity index (χ1v) is 9.87. The minimum absolute atomic E-state index is 0.0126. The lowest BCUT2D eigenvalue weighted by Crippen LogP contribution is -2.46.